The molecule has 0 aromatic carbocycles. The van der Waals surface area contributed by atoms with Crippen LogP contribution >= 0.6 is 0 Å². The van der Waals surface area contributed by atoms with Gasteiger partial charge in [-0.3, -0.25) is 14.4 Å². The average Bonchev–Trinajstić information content (AvgIpc) is 3.38. The summed E-state index contributed by atoms with van der Waals surface area (Å²) in [6, 6.07) is 0. The maximum atomic E-state index is 12.8. The van der Waals surface area contributed by atoms with Gasteiger partial charge in [0.15, 0.2) is 6.10 Å². The lowest BCUT2D eigenvalue weighted by molar-refractivity contribution is -0.167. The van der Waals surface area contributed by atoms with Gasteiger partial charge in [-0.25, -0.2) is 0 Å². The van der Waals surface area contributed by atoms with E-state index in [0.29, 0.717) is 19.3 Å². The lowest BCUT2D eigenvalue weighted by atomic mass is 10.1. The van der Waals surface area contributed by atoms with Crippen LogP contribution in [0.1, 0.15) is 233 Å². The number of unbranched alkanes of at least 4 members (excludes halogenated alkanes) is 15. The van der Waals surface area contributed by atoms with Gasteiger partial charge in [-0.1, -0.05) is 237 Å². The topological polar surface area (TPSA) is 78.9 Å². The molecule has 0 heterocycles. The molecular weight excluding hydrogens is 889 g/mol. The van der Waals surface area contributed by atoms with Crippen LogP contribution in [0.5, 0.6) is 0 Å². The first-order valence-corrected chi connectivity index (χ1v) is 28.8. The molecule has 0 aromatic heterocycles. The van der Waals surface area contributed by atoms with E-state index >= 15 is 0 Å². The van der Waals surface area contributed by atoms with E-state index in [1.165, 1.54) is 32.1 Å². The van der Waals surface area contributed by atoms with Gasteiger partial charge in [0.25, 0.3) is 0 Å². The van der Waals surface area contributed by atoms with Crippen molar-refractivity contribution in [3.8, 4) is 0 Å². The minimum Gasteiger partial charge on any atom is -0.462 e. The number of allylic oxidation sites excluding steroid dienone is 24. The third-order valence-electron chi connectivity index (χ3n) is 11.6. The minimum atomic E-state index is -0.800. The Hall–Kier alpha value is -4.71. The van der Waals surface area contributed by atoms with Gasteiger partial charge in [0.05, 0.1) is 0 Å². The molecule has 0 aliphatic carbocycles. The summed E-state index contributed by atoms with van der Waals surface area (Å²) in [7, 11) is 0. The quantitative estimate of drug-likeness (QED) is 0.0261. The van der Waals surface area contributed by atoms with Crippen molar-refractivity contribution in [2.45, 2.75) is 239 Å². The van der Waals surface area contributed by atoms with Crippen LogP contribution in [0.15, 0.2) is 146 Å². The molecule has 6 heteroatoms. The molecule has 1 atom stereocenters. The molecule has 0 aliphatic rings. The fourth-order valence-electron chi connectivity index (χ4n) is 7.33. The predicted octanol–water partition coefficient (Wildman–Crippen LogP) is 19.6. The Bertz CT molecular complexity index is 1610. The molecule has 6 nitrogen and oxygen atoms in total. The zero-order valence-corrected chi connectivity index (χ0v) is 46.1. The first kappa shape index (κ1) is 67.3. The Morgan fingerprint density at radius 2 is 0.542 bits per heavy atom. The Labute approximate surface area is 442 Å². The number of carbonyl (C=O) groups is 3. The molecule has 404 valence electrons. The number of ether oxygens (including phenoxy) is 3. The fraction of sp³-hybridized carbons (Fsp3) is 0.591. The van der Waals surface area contributed by atoms with Crippen LogP contribution in [0.25, 0.3) is 0 Å². The molecule has 0 bridgehead atoms. The molecule has 0 saturated carbocycles. The van der Waals surface area contributed by atoms with Crippen LogP contribution in [0, 0.1) is 0 Å². The summed E-state index contributed by atoms with van der Waals surface area (Å²) in [5.74, 6) is -0.955. The van der Waals surface area contributed by atoms with E-state index in [1.54, 1.807) is 0 Å². The standard InChI is InChI=1S/C66H104O6/c1-4-7-10-13-16-18-20-22-24-26-27-28-29-30-31-32-33-34-35-36-37-38-39-41-42-44-46-48-50-53-56-59-65(68)71-62-63(61-70-64(67)58-55-52-15-12-9-6-3)72-66(69)60-57-54-51-49-47-45-43-40-25-23-21-19-17-14-11-8-5-2/h7-8,10-11,16-19,22-25,27-28,30-31,33-34,36-37,39,41,43,45,63H,4-6,9,12-15,20-21,26,29,32,35,38,40,42,44,46-62H2,1-3H3/b10-7-,11-8-,18-16-,19-17-,24-22-,25-23-,28-27-,31-30-,34-33-,37-36-,41-39-,45-43-. The van der Waals surface area contributed by atoms with Crippen molar-refractivity contribution in [1.82, 2.24) is 0 Å². The number of rotatable bonds is 50. The number of hydrogen-bond donors (Lipinski definition) is 0. The van der Waals surface area contributed by atoms with Crippen LogP contribution < -0.4 is 0 Å². The van der Waals surface area contributed by atoms with E-state index in [2.05, 4.69) is 167 Å². The van der Waals surface area contributed by atoms with Gasteiger partial charge in [0.1, 0.15) is 13.2 Å². The van der Waals surface area contributed by atoms with E-state index < -0.39 is 6.10 Å². The van der Waals surface area contributed by atoms with Crippen molar-refractivity contribution in [2.24, 2.45) is 0 Å². The zero-order chi connectivity index (χ0) is 52.2. The third-order valence-corrected chi connectivity index (χ3v) is 11.6. The normalized spacial score (nSPS) is 13.2. The molecule has 0 N–H and O–H groups in total. The third kappa shape index (κ3) is 56.2. The highest BCUT2D eigenvalue weighted by atomic mass is 16.6. The van der Waals surface area contributed by atoms with Gasteiger partial charge >= 0.3 is 17.9 Å². The summed E-state index contributed by atoms with van der Waals surface area (Å²) < 4.78 is 16.7. The Kier molecular flexibility index (Phi) is 55.0. The van der Waals surface area contributed by atoms with Crippen molar-refractivity contribution in [2.75, 3.05) is 13.2 Å². The van der Waals surface area contributed by atoms with Crippen molar-refractivity contribution in [1.29, 1.82) is 0 Å². The lowest BCUT2D eigenvalue weighted by Crippen LogP contribution is -2.30. The van der Waals surface area contributed by atoms with Gasteiger partial charge in [0.2, 0.25) is 0 Å². The van der Waals surface area contributed by atoms with Gasteiger partial charge < -0.3 is 14.2 Å². The van der Waals surface area contributed by atoms with Gasteiger partial charge in [-0.05, 0) is 122 Å². The first-order chi connectivity index (χ1) is 35.5. The first-order valence-electron chi connectivity index (χ1n) is 28.8. The lowest BCUT2D eigenvalue weighted by Gasteiger charge is -2.18. The molecule has 0 spiro atoms. The van der Waals surface area contributed by atoms with Crippen molar-refractivity contribution in [3.05, 3.63) is 146 Å². The number of hydrogen-bond acceptors (Lipinski definition) is 6. The zero-order valence-electron chi connectivity index (χ0n) is 46.1. The minimum absolute atomic E-state index is 0.0977. The van der Waals surface area contributed by atoms with E-state index in [0.717, 1.165) is 161 Å². The highest BCUT2D eigenvalue weighted by Gasteiger charge is 2.19. The second kappa shape index (κ2) is 58.9. The summed E-state index contributed by atoms with van der Waals surface area (Å²) in [5.41, 5.74) is 0. The average molecular weight is 994 g/mol. The summed E-state index contributed by atoms with van der Waals surface area (Å²) in [6.45, 7) is 6.30. The van der Waals surface area contributed by atoms with Crippen LogP contribution in [-0.4, -0.2) is 37.2 Å². The smallest absolute Gasteiger partial charge is 0.306 e. The summed E-state index contributed by atoms with van der Waals surface area (Å²) in [4.78, 5) is 37.9. The molecule has 72 heavy (non-hydrogen) atoms. The predicted molar refractivity (Wildman–Crippen MR) is 311 cm³/mol. The van der Waals surface area contributed by atoms with E-state index in [-0.39, 0.29) is 31.1 Å². The molecular formula is C66H104O6. The van der Waals surface area contributed by atoms with E-state index in [9.17, 15) is 14.4 Å². The molecule has 0 saturated heterocycles. The van der Waals surface area contributed by atoms with E-state index in [4.69, 9.17) is 14.2 Å². The molecule has 0 radical (unpaired) electrons. The molecule has 0 fully saturated rings. The van der Waals surface area contributed by atoms with Gasteiger partial charge in [-0.15, -0.1) is 0 Å². The second-order valence-corrected chi connectivity index (χ2v) is 18.4. The Balaban J connectivity index is 4.22. The molecule has 0 amide bonds. The Morgan fingerprint density at radius 1 is 0.292 bits per heavy atom. The summed E-state index contributed by atoms with van der Waals surface area (Å²) >= 11 is 0. The molecule has 1 unspecified atom stereocenters. The van der Waals surface area contributed by atoms with Gasteiger partial charge in [0, 0.05) is 19.3 Å². The maximum Gasteiger partial charge on any atom is 0.306 e. The molecule has 0 aliphatic heterocycles. The fourth-order valence-corrected chi connectivity index (χ4v) is 7.33. The van der Waals surface area contributed by atoms with Gasteiger partial charge in [-0.2, -0.15) is 0 Å². The summed E-state index contributed by atoms with van der Waals surface area (Å²) in [6.07, 6.45) is 84.4. The Morgan fingerprint density at radius 3 is 0.847 bits per heavy atom. The van der Waals surface area contributed by atoms with Crippen molar-refractivity contribution < 1.29 is 28.6 Å². The molecule has 0 aromatic rings. The molecule has 0 rings (SSSR count). The van der Waals surface area contributed by atoms with Crippen LogP contribution in [0.4, 0.5) is 0 Å². The second-order valence-electron chi connectivity index (χ2n) is 18.4. The van der Waals surface area contributed by atoms with Crippen LogP contribution in [0.2, 0.25) is 0 Å². The SMILES string of the molecule is CC/C=C\C/C=C\C/C=C\C/C=C\C/C=C\C/C=C\C/C=C\C/C=C\CCCCCCCCC(=O)OCC(COC(=O)CCCCCCCC)OC(=O)CCCCCC/C=C\C/C=C\C/C=C\C/C=C\CC. The van der Waals surface area contributed by atoms with Crippen molar-refractivity contribution in [3.63, 3.8) is 0 Å². The van der Waals surface area contributed by atoms with Crippen molar-refractivity contribution >= 4 is 17.9 Å². The van der Waals surface area contributed by atoms with E-state index in [1.807, 2.05) is 0 Å². The monoisotopic (exact) mass is 993 g/mol. The van der Waals surface area contributed by atoms with Crippen LogP contribution in [-0.2, 0) is 28.6 Å². The highest BCUT2D eigenvalue weighted by Crippen LogP contribution is 2.13. The largest absolute Gasteiger partial charge is 0.462 e. The number of carbonyl (C=O) groups excluding carboxylic acids is 3. The maximum absolute atomic E-state index is 12.8. The number of esters is 3. The van der Waals surface area contributed by atoms with Crippen LogP contribution in [0.3, 0.4) is 0 Å². The summed E-state index contributed by atoms with van der Waals surface area (Å²) in [5, 5.41) is 0. The highest BCUT2D eigenvalue weighted by molar-refractivity contribution is 5.71.